The molecule has 0 aliphatic rings. The Bertz CT molecular complexity index is 337. The van der Waals surface area contributed by atoms with Crippen LogP contribution in [0.2, 0.25) is 5.02 Å². The zero-order valence-electron chi connectivity index (χ0n) is 10.9. The Kier molecular flexibility index (Phi) is 7.25. The van der Waals surface area contributed by atoms with Gasteiger partial charge in [-0.1, -0.05) is 56.7 Å². The summed E-state index contributed by atoms with van der Waals surface area (Å²) in [7, 11) is 0. The fraction of sp³-hybridized carbons (Fsp3) is 0.571. The smallest absolute Gasteiger partial charge is 0.129 e. The molecule has 0 aromatic heterocycles. The zero-order chi connectivity index (χ0) is 13.4. The van der Waals surface area contributed by atoms with E-state index in [0.717, 1.165) is 19.3 Å². The molecular formula is C14H22ClFN2. The minimum atomic E-state index is -0.293. The average molecular weight is 273 g/mol. The van der Waals surface area contributed by atoms with Gasteiger partial charge in [-0.2, -0.15) is 0 Å². The van der Waals surface area contributed by atoms with Crippen LogP contribution < -0.4 is 11.3 Å². The highest BCUT2D eigenvalue weighted by atomic mass is 35.5. The van der Waals surface area contributed by atoms with E-state index in [9.17, 15) is 4.39 Å². The Balaban J connectivity index is 2.55. The molecular weight excluding hydrogens is 251 g/mol. The minimum Gasteiger partial charge on any atom is -0.271 e. The van der Waals surface area contributed by atoms with Crippen molar-refractivity contribution < 1.29 is 4.39 Å². The predicted molar refractivity (Wildman–Crippen MR) is 74.9 cm³/mol. The lowest BCUT2D eigenvalue weighted by molar-refractivity contribution is 0.459. The van der Waals surface area contributed by atoms with Crippen molar-refractivity contribution in [2.75, 3.05) is 0 Å². The Morgan fingerprint density at radius 2 is 2.00 bits per heavy atom. The van der Waals surface area contributed by atoms with Crippen LogP contribution in [0.15, 0.2) is 18.2 Å². The number of nitrogens with one attached hydrogen (secondary N) is 1. The second-order valence-corrected chi connectivity index (χ2v) is 4.96. The average Bonchev–Trinajstić information content (AvgIpc) is 2.36. The van der Waals surface area contributed by atoms with E-state index in [4.69, 9.17) is 17.4 Å². The summed E-state index contributed by atoms with van der Waals surface area (Å²) in [6, 6.07) is 4.51. The number of hydrogen-bond acceptors (Lipinski definition) is 2. The van der Waals surface area contributed by atoms with E-state index in [-0.39, 0.29) is 11.9 Å². The molecule has 0 radical (unpaired) electrons. The molecule has 102 valence electrons. The van der Waals surface area contributed by atoms with Gasteiger partial charge in [0.25, 0.3) is 0 Å². The molecule has 0 spiro atoms. The summed E-state index contributed by atoms with van der Waals surface area (Å²) in [6.07, 6.45) is 6.68. The lowest BCUT2D eigenvalue weighted by atomic mass is 9.99. The van der Waals surface area contributed by atoms with Gasteiger partial charge >= 0.3 is 0 Å². The number of halogens is 2. The highest BCUT2D eigenvalue weighted by Crippen LogP contribution is 2.28. The largest absolute Gasteiger partial charge is 0.271 e. The van der Waals surface area contributed by atoms with E-state index < -0.39 is 0 Å². The van der Waals surface area contributed by atoms with Crippen LogP contribution in [0.5, 0.6) is 0 Å². The lowest BCUT2D eigenvalue weighted by Crippen LogP contribution is -2.29. The number of hydrogen-bond donors (Lipinski definition) is 2. The van der Waals surface area contributed by atoms with Crippen LogP contribution in [0.25, 0.3) is 0 Å². The molecule has 1 aromatic rings. The van der Waals surface area contributed by atoms with Crippen molar-refractivity contribution in [2.45, 2.75) is 51.5 Å². The maximum absolute atomic E-state index is 13.7. The van der Waals surface area contributed by atoms with Crippen molar-refractivity contribution in [2.24, 2.45) is 5.84 Å². The molecule has 1 aromatic carbocycles. The van der Waals surface area contributed by atoms with Crippen molar-refractivity contribution in [3.8, 4) is 0 Å². The van der Waals surface area contributed by atoms with Crippen LogP contribution in [-0.2, 0) is 0 Å². The van der Waals surface area contributed by atoms with Gasteiger partial charge < -0.3 is 0 Å². The quantitative estimate of drug-likeness (QED) is 0.420. The molecule has 0 aliphatic carbocycles. The van der Waals surface area contributed by atoms with Crippen molar-refractivity contribution in [1.29, 1.82) is 0 Å². The second-order valence-electron chi connectivity index (χ2n) is 4.56. The van der Waals surface area contributed by atoms with E-state index in [2.05, 4.69) is 12.3 Å². The van der Waals surface area contributed by atoms with Crippen LogP contribution >= 0.6 is 11.6 Å². The van der Waals surface area contributed by atoms with E-state index in [1.165, 1.54) is 25.3 Å². The van der Waals surface area contributed by atoms with Gasteiger partial charge in [0.1, 0.15) is 5.82 Å². The second kappa shape index (κ2) is 8.46. The van der Waals surface area contributed by atoms with Gasteiger partial charge in [0.05, 0.1) is 6.04 Å². The van der Waals surface area contributed by atoms with Crippen molar-refractivity contribution in [3.05, 3.63) is 34.6 Å². The molecule has 4 heteroatoms. The van der Waals surface area contributed by atoms with Gasteiger partial charge in [-0.15, -0.1) is 0 Å². The zero-order valence-corrected chi connectivity index (χ0v) is 11.6. The van der Waals surface area contributed by atoms with Crippen LogP contribution in [0.3, 0.4) is 0 Å². The molecule has 0 saturated carbocycles. The van der Waals surface area contributed by atoms with Crippen molar-refractivity contribution in [1.82, 2.24) is 5.43 Å². The molecule has 1 atom stereocenters. The first-order valence-corrected chi connectivity index (χ1v) is 6.98. The first kappa shape index (κ1) is 15.4. The van der Waals surface area contributed by atoms with Crippen LogP contribution in [-0.4, -0.2) is 0 Å². The number of hydrazine groups is 1. The minimum absolute atomic E-state index is 0.208. The third kappa shape index (κ3) is 4.56. The number of nitrogens with two attached hydrogens (primary N) is 1. The molecule has 0 heterocycles. The third-order valence-electron chi connectivity index (χ3n) is 3.15. The maximum Gasteiger partial charge on any atom is 0.129 e. The summed E-state index contributed by atoms with van der Waals surface area (Å²) in [4.78, 5) is 0. The normalized spacial score (nSPS) is 12.7. The molecule has 3 N–H and O–H groups in total. The first-order chi connectivity index (χ1) is 8.70. The van der Waals surface area contributed by atoms with Crippen molar-refractivity contribution in [3.63, 3.8) is 0 Å². The number of benzene rings is 1. The Hall–Kier alpha value is -0.640. The summed E-state index contributed by atoms with van der Waals surface area (Å²) in [6.45, 7) is 2.18. The van der Waals surface area contributed by atoms with E-state index in [1.807, 2.05) is 0 Å². The van der Waals surface area contributed by atoms with Crippen LogP contribution in [0, 0.1) is 5.82 Å². The molecule has 2 nitrogen and oxygen atoms in total. The molecule has 0 saturated heterocycles. The Labute approximate surface area is 114 Å². The van der Waals surface area contributed by atoms with Gasteiger partial charge in [-0.3, -0.25) is 11.3 Å². The highest BCUT2D eigenvalue weighted by Gasteiger charge is 2.17. The van der Waals surface area contributed by atoms with E-state index in [0.29, 0.717) is 10.6 Å². The molecule has 1 unspecified atom stereocenters. The fourth-order valence-electron chi connectivity index (χ4n) is 2.11. The van der Waals surface area contributed by atoms with Crippen molar-refractivity contribution >= 4 is 11.6 Å². The van der Waals surface area contributed by atoms with Gasteiger partial charge in [-0.25, -0.2) is 4.39 Å². The van der Waals surface area contributed by atoms with E-state index >= 15 is 0 Å². The molecule has 0 bridgehead atoms. The molecule has 0 fully saturated rings. The summed E-state index contributed by atoms with van der Waals surface area (Å²) in [5.74, 6) is 5.22. The molecule has 0 aliphatic heterocycles. The topological polar surface area (TPSA) is 38.0 Å². The summed E-state index contributed by atoms with van der Waals surface area (Å²) in [5, 5.41) is 0.437. The lowest BCUT2D eigenvalue weighted by Gasteiger charge is -2.18. The van der Waals surface area contributed by atoms with Gasteiger partial charge in [0, 0.05) is 10.6 Å². The number of unbranched alkanes of at least 4 members (excludes halogenated alkanes) is 4. The standard InChI is InChI=1S/C14H22ClFN2/c1-2-3-4-5-6-10-13(18-17)14-11(15)8-7-9-12(14)16/h7-9,13,18H,2-6,10,17H2,1H3. The third-order valence-corrected chi connectivity index (χ3v) is 3.48. The van der Waals surface area contributed by atoms with Gasteiger partial charge in [-0.05, 0) is 18.6 Å². The Morgan fingerprint density at radius 1 is 1.28 bits per heavy atom. The molecule has 18 heavy (non-hydrogen) atoms. The summed E-state index contributed by atoms with van der Waals surface area (Å²) < 4.78 is 13.7. The maximum atomic E-state index is 13.7. The SMILES string of the molecule is CCCCCCCC(NN)c1c(F)cccc1Cl. The number of rotatable bonds is 8. The molecule has 1 rings (SSSR count). The van der Waals surface area contributed by atoms with E-state index in [1.54, 1.807) is 12.1 Å². The van der Waals surface area contributed by atoms with Gasteiger partial charge in [0.2, 0.25) is 0 Å². The Morgan fingerprint density at radius 3 is 2.61 bits per heavy atom. The first-order valence-electron chi connectivity index (χ1n) is 6.60. The predicted octanol–water partition coefficient (Wildman–Crippen LogP) is 4.34. The highest BCUT2D eigenvalue weighted by molar-refractivity contribution is 6.31. The van der Waals surface area contributed by atoms with Crippen LogP contribution in [0.4, 0.5) is 4.39 Å². The van der Waals surface area contributed by atoms with Crippen LogP contribution in [0.1, 0.15) is 57.1 Å². The summed E-state index contributed by atoms with van der Waals surface area (Å²) >= 11 is 6.03. The molecule has 0 amide bonds. The fourth-order valence-corrected chi connectivity index (χ4v) is 2.40. The van der Waals surface area contributed by atoms with Gasteiger partial charge in [0.15, 0.2) is 0 Å². The summed E-state index contributed by atoms with van der Waals surface area (Å²) in [5.41, 5.74) is 3.15. The monoisotopic (exact) mass is 272 g/mol.